The first kappa shape index (κ1) is 12.7. The van der Waals surface area contributed by atoms with Crippen LogP contribution in [0.1, 0.15) is 0 Å². The zero-order valence-corrected chi connectivity index (χ0v) is 8.98. The van der Waals surface area contributed by atoms with Gasteiger partial charge in [0.1, 0.15) is 5.75 Å². The van der Waals surface area contributed by atoms with Gasteiger partial charge >= 0.3 is 13.5 Å². The van der Waals surface area contributed by atoms with E-state index in [0.717, 1.165) is 0 Å². The summed E-state index contributed by atoms with van der Waals surface area (Å²) < 4.78 is 39.9. The van der Waals surface area contributed by atoms with Crippen molar-refractivity contribution < 1.29 is 28.0 Å². The fourth-order valence-corrected chi connectivity index (χ4v) is 1.60. The molecular weight excluding hydrogens is 248 g/mol. The van der Waals surface area contributed by atoms with Gasteiger partial charge in [-0.3, -0.25) is 0 Å². The molecule has 0 aliphatic heterocycles. The lowest BCUT2D eigenvalue weighted by molar-refractivity contribution is -0.274. The second-order valence-electron chi connectivity index (χ2n) is 3.69. The highest BCUT2D eigenvalue weighted by Crippen LogP contribution is 2.26. The zero-order valence-electron chi connectivity index (χ0n) is 8.98. The molecule has 0 radical (unpaired) electrons. The molecule has 7 heteroatoms. The molecule has 3 nitrogen and oxygen atoms in total. The maximum Gasteiger partial charge on any atom is 0.573 e. The Morgan fingerprint density at radius 1 is 0.944 bits per heavy atom. The van der Waals surface area contributed by atoms with Gasteiger partial charge in [-0.25, -0.2) is 0 Å². The second-order valence-corrected chi connectivity index (χ2v) is 3.69. The number of alkyl halides is 3. The van der Waals surface area contributed by atoms with Gasteiger partial charge in [-0.1, -0.05) is 24.3 Å². The topological polar surface area (TPSA) is 49.7 Å². The van der Waals surface area contributed by atoms with Gasteiger partial charge in [0, 0.05) is 0 Å². The Morgan fingerprint density at radius 3 is 2.17 bits per heavy atom. The Morgan fingerprint density at radius 2 is 1.56 bits per heavy atom. The SMILES string of the molecule is OB(O)c1ccc2cc(OC(F)(F)F)ccc2c1. The van der Waals surface area contributed by atoms with E-state index in [9.17, 15) is 13.2 Å². The molecule has 0 aliphatic rings. The Labute approximate surface area is 101 Å². The van der Waals surface area contributed by atoms with Gasteiger partial charge in [-0.05, 0) is 28.4 Å². The van der Waals surface area contributed by atoms with Gasteiger partial charge in [0.05, 0.1) is 0 Å². The highest BCUT2D eigenvalue weighted by atomic mass is 19.4. The number of benzene rings is 2. The molecule has 0 aromatic heterocycles. The van der Waals surface area contributed by atoms with Crippen molar-refractivity contribution in [2.75, 3.05) is 0 Å². The standard InChI is InChI=1S/C11H8BF3O3/c13-11(14,15)18-10-4-2-7-5-9(12(16)17)3-1-8(7)6-10/h1-6,16-17H. The van der Waals surface area contributed by atoms with Gasteiger partial charge < -0.3 is 14.8 Å². The van der Waals surface area contributed by atoms with E-state index in [1.807, 2.05) is 0 Å². The van der Waals surface area contributed by atoms with E-state index in [-0.39, 0.29) is 11.2 Å². The van der Waals surface area contributed by atoms with E-state index in [4.69, 9.17) is 10.0 Å². The predicted molar refractivity (Wildman–Crippen MR) is 60.5 cm³/mol. The van der Waals surface area contributed by atoms with E-state index < -0.39 is 13.5 Å². The van der Waals surface area contributed by atoms with Gasteiger partial charge in [0.25, 0.3) is 0 Å². The van der Waals surface area contributed by atoms with Crippen LogP contribution in [-0.2, 0) is 0 Å². The molecule has 18 heavy (non-hydrogen) atoms. The Hall–Kier alpha value is -1.73. The van der Waals surface area contributed by atoms with E-state index in [1.54, 1.807) is 0 Å². The van der Waals surface area contributed by atoms with Crippen molar-refractivity contribution >= 4 is 23.4 Å². The van der Waals surface area contributed by atoms with Crippen molar-refractivity contribution in [1.82, 2.24) is 0 Å². The van der Waals surface area contributed by atoms with E-state index in [0.29, 0.717) is 10.8 Å². The van der Waals surface area contributed by atoms with Gasteiger partial charge in [-0.15, -0.1) is 13.2 Å². The number of hydrogen-bond acceptors (Lipinski definition) is 3. The number of hydrogen-bond donors (Lipinski definition) is 2. The third-order valence-corrected chi connectivity index (χ3v) is 2.37. The summed E-state index contributed by atoms with van der Waals surface area (Å²) in [5, 5.41) is 19.1. The highest BCUT2D eigenvalue weighted by Gasteiger charge is 2.31. The van der Waals surface area contributed by atoms with Crippen molar-refractivity contribution in [3.63, 3.8) is 0 Å². The molecule has 2 rings (SSSR count). The molecule has 0 aliphatic carbocycles. The molecule has 0 amide bonds. The van der Waals surface area contributed by atoms with E-state index in [1.165, 1.54) is 36.4 Å². The molecule has 0 saturated heterocycles. The van der Waals surface area contributed by atoms with Crippen LogP contribution in [0.4, 0.5) is 13.2 Å². The molecular formula is C11H8BF3O3. The molecule has 2 aromatic carbocycles. The molecule has 2 N–H and O–H groups in total. The van der Waals surface area contributed by atoms with Crippen LogP contribution in [0.5, 0.6) is 5.75 Å². The Kier molecular flexibility index (Phi) is 3.19. The quantitative estimate of drug-likeness (QED) is 0.799. The summed E-state index contributed by atoms with van der Waals surface area (Å²) in [5.74, 6) is -0.313. The lowest BCUT2D eigenvalue weighted by Gasteiger charge is -2.10. The van der Waals surface area contributed by atoms with E-state index >= 15 is 0 Å². The van der Waals surface area contributed by atoms with Gasteiger partial charge in [0.2, 0.25) is 0 Å². The summed E-state index contributed by atoms with van der Waals surface area (Å²) in [7, 11) is -1.61. The summed E-state index contributed by atoms with van der Waals surface area (Å²) in [5.41, 5.74) is 0.270. The summed E-state index contributed by atoms with van der Waals surface area (Å²) in [6.07, 6.45) is -4.73. The third kappa shape index (κ3) is 2.94. The largest absolute Gasteiger partial charge is 0.573 e. The van der Waals surface area contributed by atoms with Crippen molar-refractivity contribution in [3.8, 4) is 5.75 Å². The zero-order chi connectivity index (χ0) is 13.3. The summed E-state index contributed by atoms with van der Waals surface area (Å²) in [4.78, 5) is 0. The minimum atomic E-state index is -4.73. The number of rotatable bonds is 2. The van der Waals surface area contributed by atoms with Crippen molar-refractivity contribution in [2.24, 2.45) is 0 Å². The molecule has 0 saturated carbocycles. The van der Waals surface area contributed by atoms with Crippen LogP contribution in [0.25, 0.3) is 10.8 Å². The molecule has 0 atom stereocenters. The fourth-order valence-electron chi connectivity index (χ4n) is 1.60. The normalized spacial score (nSPS) is 11.6. The van der Waals surface area contributed by atoms with Crippen LogP contribution in [0.3, 0.4) is 0 Å². The van der Waals surface area contributed by atoms with Crippen LogP contribution in [-0.4, -0.2) is 23.5 Å². The van der Waals surface area contributed by atoms with E-state index in [2.05, 4.69) is 4.74 Å². The molecule has 0 spiro atoms. The molecule has 0 bridgehead atoms. The first-order chi connectivity index (χ1) is 8.35. The molecule has 0 fully saturated rings. The first-order valence-electron chi connectivity index (χ1n) is 5.01. The maximum atomic E-state index is 12.0. The summed E-state index contributed by atoms with van der Waals surface area (Å²) in [6, 6.07) is 8.22. The number of halogens is 3. The number of ether oxygens (including phenoxy) is 1. The minimum absolute atomic E-state index is 0.270. The predicted octanol–water partition coefficient (Wildman–Crippen LogP) is 1.42. The monoisotopic (exact) mass is 256 g/mol. The maximum absolute atomic E-state index is 12.0. The second kappa shape index (κ2) is 4.51. The van der Waals surface area contributed by atoms with Gasteiger partial charge in [0.15, 0.2) is 0 Å². The van der Waals surface area contributed by atoms with Crippen LogP contribution in [0.2, 0.25) is 0 Å². The van der Waals surface area contributed by atoms with Gasteiger partial charge in [-0.2, -0.15) is 0 Å². The Balaban J connectivity index is 2.38. The average Bonchev–Trinajstić information content (AvgIpc) is 2.26. The summed E-state index contributed by atoms with van der Waals surface area (Å²) >= 11 is 0. The van der Waals surface area contributed by atoms with Crippen LogP contribution < -0.4 is 10.2 Å². The van der Waals surface area contributed by atoms with Crippen molar-refractivity contribution in [2.45, 2.75) is 6.36 Å². The van der Waals surface area contributed by atoms with Crippen LogP contribution in [0.15, 0.2) is 36.4 Å². The fraction of sp³-hybridized carbons (Fsp3) is 0.0909. The molecule has 2 aromatic rings. The molecule has 0 heterocycles. The average molecular weight is 256 g/mol. The highest BCUT2D eigenvalue weighted by molar-refractivity contribution is 6.58. The Bertz CT molecular complexity index is 569. The molecule has 0 unspecified atom stereocenters. The molecule has 94 valence electrons. The van der Waals surface area contributed by atoms with Crippen molar-refractivity contribution in [3.05, 3.63) is 36.4 Å². The third-order valence-electron chi connectivity index (χ3n) is 2.37. The van der Waals surface area contributed by atoms with Crippen LogP contribution >= 0.6 is 0 Å². The minimum Gasteiger partial charge on any atom is -0.423 e. The van der Waals surface area contributed by atoms with Crippen LogP contribution in [0, 0.1) is 0 Å². The first-order valence-corrected chi connectivity index (χ1v) is 5.01. The summed E-state index contributed by atoms with van der Waals surface area (Å²) in [6.45, 7) is 0. The number of fused-ring (bicyclic) bond motifs is 1. The lowest BCUT2D eigenvalue weighted by atomic mass is 9.79. The smallest absolute Gasteiger partial charge is 0.423 e. The van der Waals surface area contributed by atoms with Crippen molar-refractivity contribution in [1.29, 1.82) is 0 Å². The lowest BCUT2D eigenvalue weighted by Crippen LogP contribution is -2.29.